The molecule has 2 aliphatic rings. The van der Waals surface area contributed by atoms with Crippen LogP contribution in [0.4, 0.5) is 0 Å². The predicted molar refractivity (Wildman–Crippen MR) is 131 cm³/mol. The molecule has 2 aromatic rings. The first-order valence-corrected chi connectivity index (χ1v) is 13.9. The van der Waals surface area contributed by atoms with E-state index in [0.717, 1.165) is 25.5 Å². The second-order valence-corrected chi connectivity index (χ2v) is 14.6. The Labute approximate surface area is 198 Å². The average Bonchev–Trinajstić information content (AvgIpc) is 3.21. The second-order valence-electron chi connectivity index (χ2n) is 10.3. The number of aldehydes is 1. The average molecular weight is 469 g/mol. The smallest absolute Gasteiger partial charge is 0.261 e. The largest absolute Gasteiger partial charge is 0.407 e. The van der Waals surface area contributed by atoms with Gasteiger partial charge in [0.1, 0.15) is 18.0 Å². The number of fused-ring (bicyclic) bond motifs is 1. The van der Waals surface area contributed by atoms with Gasteiger partial charge in [-0.05, 0) is 34.7 Å². The van der Waals surface area contributed by atoms with Crippen LogP contribution in [0.25, 0.3) is 0 Å². The highest BCUT2D eigenvalue weighted by Crippen LogP contribution is 2.42. The highest BCUT2D eigenvalue weighted by Gasteiger charge is 2.53. The summed E-state index contributed by atoms with van der Waals surface area (Å²) >= 11 is 0. The summed E-state index contributed by atoms with van der Waals surface area (Å²) in [5.41, 5.74) is -0.772. The molecular weight excluding hydrogens is 432 g/mol. The third kappa shape index (κ3) is 4.60. The molecule has 2 aromatic carbocycles. The molecule has 4 atom stereocenters. The molecule has 2 fully saturated rings. The number of hydrogen-bond acceptors (Lipinski definition) is 5. The standard InChI is InChI=1S/C27H36O5Si/c1-26(2,3)33(23-10-6-4-7-11-23,24-12-8-5-9-13-24)30-17-16-21-14-15-25-27(20-29,32-21)18-22(19-28)31-25/h4-13,19,21-22,25,29H,14-18,20H2,1-3H3/t21-,22-,25+,27?/m1/s1. The summed E-state index contributed by atoms with van der Waals surface area (Å²) in [5.74, 6) is 0. The van der Waals surface area contributed by atoms with Gasteiger partial charge in [0.05, 0.1) is 18.8 Å². The molecule has 2 heterocycles. The van der Waals surface area contributed by atoms with E-state index in [4.69, 9.17) is 13.9 Å². The molecule has 0 aliphatic carbocycles. The maximum absolute atomic E-state index is 11.3. The van der Waals surface area contributed by atoms with Gasteiger partial charge in [0, 0.05) is 13.0 Å². The van der Waals surface area contributed by atoms with Gasteiger partial charge in [-0.1, -0.05) is 81.4 Å². The molecule has 1 unspecified atom stereocenters. The quantitative estimate of drug-likeness (QED) is 0.476. The zero-order valence-corrected chi connectivity index (χ0v) is 20.9. The third-order valence-electron chi connectivity index (χ3n) is 7.22. The van der Waals surface area contributed by atoms with Crippen molar-refractivity contribution in [1.82, 2.24) is 0 Å². The minimum atomic E-state index is -2.58. The van der Waals surface area contributed by atoms with Crippen LogP contribution in [-0.4, -0.2) is 56.8 Å². The lowest BCUT2D eigenvalue weighted by Crippen LogP contribution is -2.66. The maximum Gasteiger partial charge on any atom is 0.261 e. The number of rotatable bonds is 8. The van der Waals surface area contributed by atoms with Crippen molar-refractivity contribution in [2.24, 2.45) is 0 Å². The lowest BCUT2D eigenvalue weighted by Gasteiger charge is -2.44. The van der Waals surface area contributed by atoms with Crippen molar-refractivity contribution >= 4 is 25.0 Å². The van der Waals surface area contributed by atoms with Crippen LogP contribution in [0.1, 0.15) is 46.5 Å². The van der Waals surface area contributed by atoms with E-state index >= 15 is 0 Å². The fraction of sp³-hybridized carbons (Fsp3) is 0.519. The van der Waals surface area contributed by atoms with Crippen LogP contribution in [0.5, 0.6) is 0 Å². The van der Waals surface area contributed by atoms with Gasteiger partial charge in [0.15, 0.2) is 0 Å². The van der Waals surface area contributed by atoms with Gasteiger partial charge in [-0.2, -0.15) is 0 Å². The van der Waals surface area contributed by atoms with Gasteiger partial charge in [-0.3, -0.25) is 0 Å². The zero-order valence-electron chi connectivity index (χ0n) is 19.9. The normalized spacial score (nSPS) is 27.8. The van der Waals surface area contributed by atoms with Gasteiger partial charge < -0.3 is 23.8 Å². The minimum absolute atomic E-state index is 0.0272. The Morgan fingerprint density at radius 3 is 2.18 bits per heavy atom. The Morgan fingerprint density at radius 1 is 1.06 bits per heavy atom. The van der Waals surface area contributed by atoms with E-state index in [9.17, 15) is 9.90 Å². The van der Waals surface area contributed by atoms with E-state index in [1.165, 1.54) is 10.4 Å². The molecule has 0 saturated carbocycles. The molecule has 4 rings (SSSR count). The minimum Gasteiger partial charge on any atom is -0.407 e. The molecule has 0 bridgehead atoms. The molecule has 33 heavy (non-hydrogen) atoms. The molecule has 0 amide bonds. The highest BCUT2D eigenvalue weighted by molar-refractivity contribution is 6.99. The van der Waals surface area contributed by atoms with Gasteiger partial charge in [0.2, 0.25) is 0 Å². The van der Waals surface area contributed by atoms with Crippen LogP contribution in [-0.2, 0) is 18.7 Å². The van der Waals surface area contributed by atoms with Crippen LogP contribution in [0.15, 0.2) is 60.7 Å². The Hall–Kier alpha value is -1.83. The van der Waals surface area contributed by atoms with Gasteiger partial charge >= 0.3 is 0 Å². The van der Waals surface area contributed by atoms with Crippen molar-refractivity contribution < 1.29 is 23.8 Å². The summed E-state index contributed by atoms with van der Waals surface area (Å²) in [6, 6.07) is 21.3. The van der Waals surface area contributed by atoms with E-state index in [-0.39, 0.29) is 23.9 Å². The Kier molecular flexibility index (Phi) is 7.22. The molecule has 0 radical (unpaired) electrons. The Morgan fingerprint density at radius 2 is 1.67 bits per heavy atom. The van der Waals surface area contributed by atoms with Crippen LogP contribution < -0.4 is 10.4 Å². The molecule has 0 aromatic heterocycles. The van der Waals surface area contributed by atoms with Crippen molar-refractivity contribution in [3.05, 3.63) is 60.7 Å². The number of benzene rings is 2. The maximum atomic E-state index is 11.3. The number of hydrogen-bond donors (Lipinski definition) is 1. The topological polar surface area (TPSA) is 65.0 Å². The molecule has 178 valence electrons. The number of carbonyl (C=O) groups excluding carboxylic acids is 1. The number of ether oxygens (including phenoxy) is 2. The molecule has 2 saturated heterocycles. The SMILES string of the molecule is CC(C)(C)[Si](OCC[C@H]1CC[C@@H]2O[C@@H](C=O)CC2(CO)O1)(c1ccccc1)c1ccccc1. The summed E-state index contributed by atoms with van der Waals surface area (Å²) in [6.45, 7) is 7.27. The van der Waals surface area contributed by atoms with E-state index in [1.807, 2.05) is 12.1 Å². The number of aliphatic hydroxyl groups is 1. The van der Waals surface area contributed by atoms with E-state index < -0.39 is 20.0 Å². The van der Waals surface area contributed by atoms with Crippen molar-refractivity contribution in [3.63, 3.8) is 0 Å². The van der Waals surface area contributed by atoms with Crippen LogP contribution >= 0.6 is 0 Å². The summed E-state index contributed by atoms with van der Waals surface area (Å²) < 4.78 is 19.2. The van der Waals surface area contributed by atoms with Crippen molar-refractivity contribution in [1.29, 1.82) is 0 Å². The Balaban J connectivity index is 1.54. The fourth-order valence-corrected chi connectivity index (χ4v) is 10.2. The van der Waals surface area contributed by atoms with E-state index in [1.54, 1.807) is 0 Å². The lowest BCUT2D eigenvalue weighted by atomic mass is 9.87. The first-order valence-electron chi connectivity index (χ1n) is 12.0. The monoisotopic (exact) mass is 468 g/mol. The summed E-state index contributed by atoms with van der Waals surface area (Å²) in [5, 5.41) is 12.5. The summed E-state index contributed by atoms with van der Waals surface area (Å²) in [6.07, 6.45) is 2.87. The van der Waals surface area contributed by atoms with Crippen molar-refractivity contribution in [3.8, 4) is 0 Å². The molecule has 1 N–H and O–H groups in total. The molecule has 6 heteroatoms. The Bertz CT molecular complexity index is 874. The molecule has 0 spiro atoms. The number of carbonyl (C=O) groups is 1. The first-order chi connectivity index (χ1) is 15.8. The van der Waals surface area contributed by atoms with E-state index in [2.05, 4.69) is 69.3 Å². The molecule has 5 nitrogen and oxygen atoms in total. The summed E-state index contributed by atoms with van der Waals surface area (Å²) in [7, 11) is -2.58. The second kappa shape index (κ2) is 9.80. The number of aliphatic hydroxyl groups excluding tert-OH is 1. The zero-order chi connectivity index (χ0) is 23.5. The van der Waals surface area contributed by atoms with Gasteiger partial charge in [-0.25, -0.2) is 0 Å². The van der Waals surface area contributed by atoms with Crippen molar-refractivity contribution in [2.45, 2.75) is 75.4 Å². The highest BCUT2D eigenvalue weighted by atomic mass is 28.4. The van der Waals surface area contributed by atoms with Crippen LogP contribution in [0.3, 0.4) is 0 Å². The summed E-state index contributed by atoms with van der Waals surface area (Å²) in [4.78, 5) is 11.3. The predicted octanol–water partition coefficient (Wildman–Crippen LogP) is 3.22. The molecule has 2 aliphatic heterocycles. The van der Waals surface area contributed by atoms with Gasteiger partial charge in [0.25, 0.3) is 8.32 Å². The van der Waals surface area contributed by atoms with Crippen LogP contribution in [0.2, 0.25) is 5.04 Å². The van der Waals surface area contributed by atoms with Gasteiger partial charge in [-0.15, -0.1) is 0 Å². The van der Waals surface area contributed by atoms with Crippen LogP contribution in [0, 0.1) is 0 Å². The molecular formula is C27H36O5Si. The lowest BCUT2D eigenvalue weighted by molar-refractivity contribution is -0.184. The van der Waals surface area contributed by atoms with Crippen molar-refractivity contribution in [2.75, 3.05) is 13.2 Å². The fourth-order valence-electron chi connectivity index (χ4n) is 5.63. The first kappa shape index (κ1) is 24.3. The third-order valence-corrected chi connectivity index (χ3v) is 12.3. The van der Waals surface area contributed by atoms with E-state index in [0.29, 0.717) is 13.0 Å².